The molecule has 3 nitrogen and oxygen atoms in total. The Balaban J connectivity index is 0.00000133. The van der Waals surface area contributed by atoms with E-state index in [2.05, 4.69) is 4.90 Å². The standard InChI is InChI=1S/C15H26N2O.ClH/c16-14-7-3-6-11(8-14)15(18)17-9-12-4-1-2-5-13(12)10-17;/h11-14H,1-10,16H2;1H. The molecule has 0 aromatic carbocycles. The second kappa shape index (κ2) is 6.45. The molecule has 2 aliphatic carbocycles. The number of amides is 1. The van der Waals surface area contributed by atoms with Crippen LogP contribution in [0.15, 0.2) is 0 Å². The lowest BCUT2D eigenvalue weighted by atomic mass is 9.82. The van der Waals surface area contributed by atoms with Gasteiger partial charge in [0.25, 0.3) is 0 Å². The lowest BCUT2D eigenvalue weighted by Gasteiger charge is -2.29. The van der Waals surface area contributed by atoms with Crippen LogP contribution >= 0.6 is 12.4 Å². The molecule has 1 heterocycles. The molecule has 1 aliphatic heterocycles. The molecular formula is C15H27ClN2O. The first kappa shape index (κ1) is 15.1. The predicted octanol–water partition coefficient (Wildman–Crippen LogP) is 2.57. The molecule has 110 valence electrons. The lowest BCUT2D eigenvalue weighted by molar-refractivity contribution is -0.135. The van der Waals surface area contributed by atoms with E-state index in [1.54, 1.807) is 0 Å². The molecule has 1 amide bonds. The van der Waals surface area contributed by atoms with Gasteiger partial charge in [-0.1, -0.05) is 19.3 Å². The number of hydrogen-bond acceptors (Lipinski definition) is 2. The van der Waals surface area contributed by atoms with Crippen LogP contribution < -0.4 is 5.73 Å². The van der Waals surface area contributed by atoms with Gasteiger partial charge in [0.15, 0.2) is 0 Å². The second-order valence-electron chi connectivity index (χ2n) is 6.67. The van der Waals surface area contributed by atoms with Crippen LogP contribution in [0, 0.1) is 17.8 Å². The molecule has 4 atom stereocenters. The van der Waals surface area contributed by atoms with Gasteiger partial charge in [-0.25, -0.2) is 0 Å². The Morgan fingerprint density at radius 3 is 2.16 bits per heavy atom. The van der Waals surface area contributed by atoms with Crippen molar-refractivity contribution < 1.29 is 4.79 Å². The number of carbonyl (C=O) groups is 1. The maximum Gasteiger partial charge on any atom is 0.225 e. The van der Waals surface area contributed by atoms with Crippen LogP contribution in [0.5, 0.6) is 0 Å². The van der Waals surface area contributed by atoms with Gasteiger partial charge in [-0.05, 0) is 43.9 Å². The lowest BCUT2D eigenvalue weighted by Crippen LogP contribution is -2.39. The molecule has 19 heavy (non-hydrogen) atoms. The number of halogens is 1. The Morgan fingerprint density at radius 1 is 0.947 bits per heavy atom. The van der Waals surface area contributed by atoms with Gasteiger partial charge in [0.2, 0.25) is 5.91 Å². The van der Waals surface area contributed by atoms with E-state index in [-0.39, 0.29) is 24.4 Å². The Morgan fingerprint density at radius 2 is 1.58 bits per heavy atom. The topological polar surface area (TPSA) is 46.3 Å². The van der Waals surface area contributed by atoms with Crippen molar-refractivity contribution in [2.75, 3.05) is 13.1 Å². The molecule has 3 fully saturated rings. The average molecular weight is 287 g/mol. The quantitative estimate of drug-likeness (QED) is 0.805. The normalized spacial score (nSPS) is 38.5. The van der Waals surface area contributed by atoms with Crippen LogP contribution in [0.25, 0.3) is 0 Å². The molecule has 2 N–H and O–H groups in total. The molecular weight excluding hydrogens is 260 g/mol. The first-order chi connectivity index (χ1) is 8.74. The van der Waals surface area contributed by atoms with Crippen LogP contribution in [0.4, 0.5) is 0 Å². The molecule has 2 saturated carbocycles. The van der Waals surface area contributed by atoms with E-state index in [9.17, 15) is 4.79 Å². The summed E-state index contributed by atoms with van der Waals surface area (Å²) < 4.78 is 0. The third kappa shape index (κ3) is 3.25. The Hall–Kier alpha value is -0.280. The highest BCUT2D eigenvalue weighted by atomic mass is 35.5. The number of nitrogens with zero attached hydrogens (tertiary/aromatic N) is 1. The average Bonchev–Trinajstić information content (AvgIpc) is 2.81. The van der Waals surface area contributed by atoms with E-state index in [0.717, 1.165) is 50.6 Å². The van der Waals surface area contributed by atoms with Crippen molar-refractivity contribution in [3.8, 4) is 0 Å². The summed E-state index contributed by atoms with van der Waals surface area (Å²) in [5.74, 6) is 2.26. The van der Waals surface area contributed by atoms with E-state index < -0.39 is 0 Å². The number of fused-ring (bicyclic) bond motifs is 1. The fourth-order valence-corrected chi connectivity index (χ4v) is 4.30. The Labute approximate surface area is 122 Å². The number of carbonyl (C=O) groups excluding carboxylic acids is 1. The zero-order valence-electron chi connectivity index (χ0n) is 11.7. The summed E-state index contributed by atoms with van der Waals surface area (Å²) in [6, 6.07) is 0.262. The summed E-state index contributed by atoms with van der Waals surface area (Å²) in [5.41, 5.74) is 6.01. The highest BCUT2D eigenvalue weighted by Crippen LogP contribution is 2.37. The van der Waals surface area contributed by atoms with Crippen LogP contribution in [0.1, 0.15) is 51.4 Å². The smallest absolute Gasteiger partial charge is 0.225 e. The molecule has 3 aliphatic rings. The molecule has 3 rings (SSSR count). The summed E-state index contributed by atoms with van der Waals surface area (Å²) in [5, 5.41) is 0. The minimum absolute atomic E-state index is 0. The van der Waals surface area contributed by atoms with Crippen LogP contribution in [0.3, 0.4) is 0 Å². The van der Waals surface area contributed by atoms with Gasteiger partial charge in [0.1, 0.15) is 0 Å². The van der Waals surface area contributed by atoms with Crippen molar-refractivity contribution in [2.24, 2.45) is 23.5 Å². The second-order valence-corrected chi connectivity index (χ2v) is 6.67. The van der Waals surface area contributed by atoms with Crippen molar-refractivity contribution in [3.05, 3.63) is 0 Å². The molecule has 4 heteroatoms. The van der Waals surface area contributed by atoms with Gasteiger partial charge in [-0.15, -0.1) is 12.4 Å². The fraction of sp³-hybridized carbons (Fsp3) is 0.933. The molecule has 4 unspecified atom stereocenters. The molecule has 1 saturated heterocycles. The van der Waals surface area contributed by atoms with Gasteiger partial charge < -0.3 is 10.6 Å². The van der Waals surface area contributed by atoms with Crippen molar-refractivity contribution in [1.29, 1.82) is 0 Å². The highest BCUT2D eigenvalue weighted by Gasteiger charge is 2.38. The largest absolute Gasteiger partial charge is 0.342 e. The Bertz CT molecular complexity index is 309. The van der Waals surface area contributed by atoms with Crippen molar-refractivity contribution in [3.63, 3.8) is 0 Å². The van der Waals surface area contributed by atoms with Crippen molar-refractivity contribution in [1.82, 2.24) is 4.90 Å². The molecule has 0 bridgehead atoms. The van der Waals surface area contributed by atoms with Gasteiger partial charge in [-0.3, -0.25) is 4.79 Å². The summed E-state index contributed by atoms with van der Waals surface area (Å²) in [6.07, 6.45) is 9.67. The summed E-state index contributed by atoms with van der Waals surface area (Å²) >= 11 is 0. The van der Waals surface area contributed by atoms with E-state index in [1.807, 2.05) is 0 Å². The monoisotopic (exact) mass is 286 g/mol. The maximum absolute atomic E-state index is 12.6. The molecule has 0 spiro atoms. The van der Waals surface area contributed by atoms with Crippen molar-refractivity contribution in [2.45, 2.75) is 57.4 Å². The van der Waals surface area contributed by atoms with Gasteiger partial charge >= 0.3 is 0 Å². The maximum atomic E-state index is 12.6. The van der Waals surface area contributed by atoms with Crippen molar-refractivity contribution >= 4 is 18.3 Å². The predicted molar refractivity (Wildman–Crippen MR) is 79.2 cm³/mol. The SMILES string of the molecule is Cl.NC1CCCC(C(=O)N2CC3CCCCC3C2)C1. The van der Waals surface area contributed by atoms with Gasteiger partial charge in [0, 0.05) is 25.0 Å². The number of likely N-dealkylation sites (tertiary alicyclic amines) is 1. The van der Waals surface area contributed by atoms with Crippen LogP contribution in [0.2, 0.25) is 0 Å². The zero-order chi connectivity index (χ0) is 12.5. The van der Waals surface area contributed by atoms with Crippen LogP contribution in [-0.2, 0) is 4.79 Å². The molecule has 0 aromatic rings. The number of rotatable bonds is 1. The summed E-state index contributed by atoms with van der Waals surface area (Å²) in [6.45, 7) is 2.07. The summed E-state index contributed by atoms with van der Waals surface area (Å²) in [7, 11) is 0. The van der Waals surface area contributed by atoms with E-state index in [1.165, 1.54) is 25.7 Å². The number of nitrogens with two attached hydrogens (primary N) is 1. The number of hydrogen-bond donors (Lipinski definition) is 1. The zero-order valence-corrected chi connectivity index (χ0v) is 12.5. The molecule has 0 radical (unpaired) electrons. The minimum atomic E-state index is 0. The van der Waals surface area contributed by atoms with Gasteiger partial charge in [0.05, 0.1) is 0 Å². The third-order valence-corrected chi connectivity index (χ3v) is 5.35. The fourth-order valence-electron chi connectivity index (χ4n) is 4.30. The first-order valence-corrected chi connectivity index (χ1v) is 7.78. The van der Waals surface area contributed by atoms with E-state index in [4.69, 9.17) is 5.73 Å². The minimum Gasteiger partial charge on any atom is -0.342 e. The van der Waals surface area contributed by atoms with Crippen LogP contribution in [-0.4, -0.2) is 29.9 Å². The van der Waals surface area contributed by atoms with E-state index >= 15 is 0 Å². The van der Waals surface area contributed by atoms with Gasteiger partial charge in [-0.2, -0.15) is 0 Å². The first-order valence-electron chi connectivity index (χ1n) is 7.78. The Kier molecular flexibility index (Phi) is 5.13. The third-order valence-electron chi connectivity index (χ3n) is 5.35. The summed E-state index contributed by atoms with van der Waals surface area (Å²) in [4.78, 5) is 14.7. The van der Waals surface area contributed by atoms with E-state index in [0.29, 0.717) is 5.91 Å². The molecule has 0 aromatic heterocycles. The highest BCUT2D eigenvalue weighted by molar-refractivity contribution is 5.85.